The van der Waals surface area contributed by atoms with Gasteiger partial charge in [-0.05, 0) is 31.7 Å². The molecule has 1 heterocycles. The van der Waals surface area contributed by atoms with E-state index in [1.165, 1.54) is 12.8 Å². The third-order valence-electron chi connectivity index (χ3n) is 3.27. The van der Waals surface area contributed by atoms with Crippen LogP contribution in [-0.2, 0) is 4.79 Å². The van der Waals surface area contributed by atoms with Gasteiger partial charge in [0.25, 0.3) is 0 Å². The third-order valence-corrected chi connectivity index (χ3v) is 3.27. The average Bonchev–Trinajstić information content (AvgIpc) is 2.29. The fourth-order valence-electron chi connectivity index (χ4n) is 2.30. The van der Waals surface area contributed by atoms with Crippen molar-refractivity contribution >= 4 is 5.91 Å². The summed E-state index contributed by atoms with van der Waals surface area (Å²) in [6, 6.07) is 0.388. The highest BCUT2D eigenvalue weighted by Gasteiger charge is 2.23. The van der Waals surface area contributed by atoms with E-state index in [0.717, 1.165) is 25.9 Å². The van der Waals surface area contributed by atoms with Crippen LogP contribution in [0.3, 0.4) is 0 Å². The lowest BCUT2D eigenvalue weighted by molar-refractivity contribution is -0.123. The maximum Gasteiger partial charge on any atom is 0.234 e. The summed E-state index contributed by atoms with van der Waals surface area (Å²) >= 11 is 0. The lowest BCUT2D eigenvalue weighted by Crippen LogP contribution is -2.46. The molecule has 0 bridgehead atoms. The number of hydrogen-bond donors (Lipinski definition) is 2. The van der Waals surface area contributed by atoms with Crippen LogP contribution in [0.15, 0.2) is 0 Å². The highest BCUT2D eigenvalue weighted by molar-refractivity contribution is 5.78. The number of aliphatic hydroxyl groups excluding tert-OH is 1. The molecule has 0 aliphatic carbocycles. The molecule has 1 fully saturated rings. The van der Waals surface area contributed by atoms with Gasteiger partial charge in [-0.1, -0.05) is 20.3 Å². The number of nitrogens with one attached hydrogen (secondary N) is 1. The summed E-state index contributed by atoms with van der Waals surface area (Å²) < 4.78 is 0. The van der Waals surface area contributed by atoms with Crippen molar-refractivity contribution < 1.29 is 9.90 Å². The van der Waals surface area contributed by atoms with Crippen LogP contribution in [0.2, 0.25) is 0 Å². The summed E-state index contributed by atoms with van der Waals surface area (Å²) in [4.78, 5) is 14.0. The van der Waals surface area contributed by atoms with Gasteiger partial charge in [0.1, 0.15) is 0 Å². The first kappa shape index (κ1) is 14.5. The van der Waals surface area contributed by atoms with Gasteiger partial charge >= 0.3 is 0 Å². The predicted molar refractivity (Wildman–Crippen MR) is 68.8 cm³/mol. The molecule has 1 aliphatic heterocycles. The maximum absolute atomic E-state index is 11.8. The molecule has 0 aromatic carbocycles. The van der Waals surface area contributed by atoms with Gasteiger partial charge in [0.15, 0.2) is 0 Å². The van der Waals surface area contributed by atoms with Crippen LogP contribution in [0.25, 0.3) is 0 Å². The zero-order valence-corrected chi connectivity index (χ0v) is 11.1. The van der Waals surface area contributed by atoms with E-state index in [1.54, 1.807) is 0 Å². The Bertz CT molecular complexity index is 229. The standard InChI is InChI=1S/C13H26N2O2/c1-11(2)9-14-13(17)10-15-7-4-3-5-12(15)6-8-16/h11-12,16H,3-10H2,1-2H3,(H,14,17). The number of hydrogen-bond acceptors (Lipinski definition) is 3. The summed E-state index contributed by atoms with van der Waals surface area (Å²) in [7, 11) is 0. The summed E-state index contributed by atoms with van der Waals surface area (Å²) in [5.74, 6) is 0.608. The molecule has 17 heavy (non-hydrogen) atoms. The van der Waals surface area contributed by atoms with Gasteiger partial charge in [0, 0.05) is 19.2 Å². The lowest BCUT2D eigenvalue weighted by Gasteiger charge is -2.34. The maximum atomic E-state index is 11.8. The number of likely N-dealkylation sites (tertiary alicyclic amines) is 1. The lowest BCUT2D eigenvalue weighted by atomic mass is 9.99. The zero-order valence-electron chi connectivity index (χ0n) is 11.1. The zero-order chi connectivity index (χ0) is 12.7. The smallest absolute Gasteiger partial charge is 0.234 e. The minimum absolute atomic E-state index is 0.114. The Morgan fingerprint density at radius 3 is 2.88 bits per heavy atom. The molecule has 1 amide bonds. The van der Waals surface area contributed by atoms with E-state index in [0.29, 0.717) is 18.5 Å². The average molecular weight is 242 g/mol. The Balaban J connectivity index is 2.33. The van der Waals surface area contributed by atoms with E-state index in [9.17, 15) is 4.79 Å². The van der Waals surface area contributed by atoms with E-state index < -0.39 is 0 Å². The Morgan fingerprint density at radius 1 is 1.47 bits per heavy atom. The monoisotopic (exact) mass is 242 g/mol. The van der Waals surface area contributed by atoms with E-state index in [2.05, 4.69) is 24.1 Å². The molecule has 2 N–H and O–H groups in total. The first-order valence-electron chi connectivity index (χ1n) is 6.75. The van der Waals surface area contributed by atoms with Crippen molar-refractivity contribution in [3.63, 3.8) is 0 Å². The van der Waals surface area contributed by atoms with Crippen molar-refractivity contribution in [1.82, 2.24) is 10.2 Å². The molecule has 4 heteroatoms. The minimum atomic E-state index is 0.114. The number of carbonyl (C=O) groups is 1. The molecule has 1 unspecified atom stereocenters. The van der Waals surface area contributed by atoms with Gasteiger partial charge in [-0.25, -0.2) is 0 Å². The molecule has 0 aromatic heterocycles. The van der Waals surface area contributed by atoms with Gasteiger partial charge in [-0.3, -0.25) is 9.69 Å². The number of nitrogens with zero attached hydrogens (tertiary/aromatic N) is 1. The molecule has 0 aromatic rings. The Labute approximate surface area is 104 Å². The van der Waals surface area contributed by atoms with Crippen molar-refractivity contribution in [2.45, 2.75) is 45.6 Å². The summed E-state index contributed by atoms with van der Waals surface area (Å²) in [5, 5.41) is 12.0. The van der Waals surface area contributed by atoms with Crippen LogP contribution >= 0.6 is 0 Å². The number of rotatable bonds is 6. The van der Waals surface area contributed by atoms with Crippen molar-refractivity contribution in [3.05, 3.63) is 0 Å². The molecule has 100 valence electrons. The minimum Gasteiger partial charge on any atom is -0.396 e. The third kappa shape index (κ3) is 5.50. The second kappa shape index (κ2) is 7.67. The van der Waals surface area contributed by atoms with Crippen LogP contribution in [0, 0.1) is 5.92 Å². The highest BCUT2D eigenvalue weighted by atomic mass is 16.3. The fourth-order valence-corrected chi connectivity index (χ4v) is 2.30. The fraction of sp³-hybridized carbons (Fsp3) is 0.923. The van der Waals surface area contributed by atoms with Crippen LogP contribution in [-0.4, -0.2) is 48.2 Å². The number of amides is 1. The van der Waals surface area contributed by atoms with Crippen LogP contribution < -0.4 is 5.32 Å². The largest absolute Gasteiger partial charge is 0.396 e. The normalized spacial score (nSPS) is 21.8. The first-order chi connectivity index (χ1) is 8.13. The summed E-state index contributed by atoms with van der Waals surface area (Å²) in [5.41, 5.74) is 0. The van der Waals surface area contributed by atoms with Crippen LogP contribution in [0.5, 0.6) is 0 Å². The topological polar surface area (TPSA) is 52.6 Å². The highest BCUT2D eigenvalue weighted by Crippen LogP contribution is 2.18. The molecule has 0 radical (unpaired) electrons. The molecule has 1 rings (SSSR count). The molecular formula is C13H26N2O2. The number of piperidine rings is 1. The Morgan fingerprint density at radius 2 is 2.24 bits per heavy atom. The molecule has 1 atom stereocenters. The quantitative estimate of drug-likeness (QED) is 0.730. The Hall–Kier alpha value is -0.610. The van der Waals surface area contributed by atoms with Crippen molar-refractivity contribution in [2.75, 3.05) is 26.2 Å². The second-order valence-electron chi connectivity index (χ2n) is 5.33. The van der Waals surface area contributed by atoms with Gasteiger partial charge in [-0.2, -0.15) is 0 Å². The SMILES string of the molecule is CC(C)CNC(=O)CN1CCCCC1CCO. The van der Waals surface area contributed by atoms with Crippen LogP contribution in [0.1, 0.15) is 39.5 Å². The van der Waals surface area contributed by atoms with E-state index in [4.69, 9.17) is 5.11 Å². The number of aliphatic hydroxyl groups is 1. The van der Waals surface area contributed by atoms with E-state index in [-0.39, 0.29) is 12.5 Å². The van der Waals surface area contributed by atoms with Crippen molar-refractivity contribution in [2.24, 2.45) is 5.92 Å². The molecule has 1 aliphatic rings. The van der Waals surface area contributed by atoms with Gasteiger partial charge in [0.2, 0.25) is 5.91 Å². The Kier molecular flexibility index (Phi) is 6.52. The molecule has 0 spiro atoms. The molecule has 4 nitrogen and oxygen atoms in total. The van der Waals surface area contributed by atoms with Crippen LogP contribution in [0.4, 0.5) is 0 Å². The molecule has 0 saturated carbocycles. The van der Waals surface area contributed by atoms with Crippen molar-refractivity contribution in [1.29, 1.82) is 0 Å². The first-order valence-corrected chi connectivity index (χ1v) is 6.75. The van der Waals surface area contributed by atoms with Gasteiger partial charge < -0.3 is 10.4 Å². The van der Waals surface area contributed by atoms with Gasteiger partial charge in [0.05, 0.1) is 6.54 Å². The van der Waals surface area contributed by atoms with Crippen molar-refractivity contribution in [3.8, 4) is 0 Å². The number of carbonyl (C=O) groups excluding carboxylic acids is 1. The molecule has 1 saturated heterocycles. The second-order valence-corrected chi connectivity index (χ2v) is 5.33. The summed E-state index contributed by atoms with van der Waals surface area (Å²) in [6.45, 7) is 6.62. The summed E-state index contributed by atoms with van der Waals surface area (Å²) in [6.07, 6.45) is 4.28. The predicted octanol–water partition coefficient (Wildman–Crippen LogP) is 0.995. The van der Waals surface area contributed by atoms with E-state index >= 15 is 0 Å². The molecular weight excluding hydrogens is 216 g/mol. The van der Waals surface area contributed by atoms with E-state index in [1.807, 2.05) is 0 Å². The van der Waals surface area contributed by atoms with Gasteiger partial charge in [-0.15, -0.1) is 0 Å².